The van der Waals surface area contributed by atoms with Gasteiger partial charge in [0.25, 0.3) is 0 Å². The second kappa shape index (κ2) is 4.43. The van der Waals surface area contributed by atoms with E-state index in [4.69, 9.17) is 0 Å². The van der Waals surface area contributed by atoms with Gasteiger partial charge in [0.1, 0.15) is 0 Å². The van der Waals surface area contributed by atoms with Crippen molar-refractivity contribution in [2.75, 3.05) is 0 Å². The number of allylic oxidation sites excluding steroid dienone is 2. The van der Waals surface area contributed by atoms with Gasteiger partial charge in [-0.15, -0.1) is 0 Å². The van der Waals surface area contributed by atoms with Gasteiger partial charge in [0.05, 0.1) is 0 Å². The van der Waals surface area contributed by atoms with Crippen molar-refractivity contribution in [2.45, 2.75) is 32.6 Å². The van der Waals surface area contributed by atoms with E-state index in [0.29, 0.717) is 0 Å². The van der Waals surface area contributed by atoms with Crippen molar-refractivity contribution in [3.8, 4) is 0 Å². The Morgan fingerprint density at radius 3 is 2.67 bits per heavy atom. The van der Waals surface area contributed by atoms with Crippen LogP contribution >= 0.6 is 0 Å². The number of ketones is 1. The molecular weight excluding hydrogens is 184 g/mol. The SMILES string of the molecule is Cc1ccccc1C(=O)C1=CCCCC1. The van der Waals surface area contributed by atoms with Crippen LogP contribution in [0.2, 0.25) is 0 Å². The largest absolute Gasteiger partial charge is 0.289 e. The van der Waals surface area contributed by atoms with Crippen LogP contribution in [-0.4, -0.2) is 5.78 Å². The summed E-state index contributed by atoms with van der Waals surface area (Å²) in [6, 6.07) is 7.83. The number of carbonyl (C=O) groups is 1. The molecule has 15 heavy (non-hydrogen) atoms. The van der Waals surface area contributed by atoms with Crippen LogP contribution in [0.3, 0.4) is 0 Å². The van der Waals surface area contributed by atoms with Gasteiger partial charge in [0.15, 0.2) is 5.78 Å². The molecule has 1 aromatic carbocycles. The highest BCUT2D eigenvalue weighted by Gasteiger charge is 2.15. The summed E-state index contributed by atoms with van der Waals surface area (Å²) >= 11 is 0. The minimum Gasteiger partial charge on any atom is -0.289 e. The molecule has 0 spiro atoms. The topological polar surface area (TPSA) is 17.1 Å². The number of rotatable bonds is 2. The Hall–Kier alpha value is -1.37. The third-order valence-corrected chi connectivity index (χ3v) is 2.97. The highest BCUT2D eigenvalue weighted by molar-refractivity contribution is 6.09. The van der Waals surface area contributed by atoms with E-state index in [0.717, 1.165) is 36.0 Å². The Morgan fingerprint density at radius 2 is 2.00 bits per heavy atom. The molecule has 0 amide bonds. The summed E-state index contributed by atoms with van der Waals surface area (Å²) in [7, 11) is 0. The third kappa shape index (κ3) is 2.17. The molecule has 0 N–H and O–H groups in total. The van der Waals surface area contributed by atoms with E-state index in [1.807, 2.05) is 31.2 Å². The molecule has 0 atom stereocenters. The van der Waals surface area contributed by atoms with Crippen LogP contribution in [0.5, 0.6) is 0 Å². The maximum absolute atomic E-state index is 12.2. The monoisotopic (exact) mass is 200 g/mol. The molecule has 0 bridgehead atoms. The average molecular weight is 200 g/mol. The van der Waals surface area contributed by atoms with E-state index in [1.54, 1.807) is 0 Å². The lowest BCUT2D eigenvalue weighted by molar-refractivity contribution is 0.102. The molecule has 1 heteroatoms. The van der Waals surface area contributed by atoms with Crippen LogP contribution in [-0.2, 0) is 0 Å². The third-order valence-electron chi connectivity index (χ3n) is 2.97. The van der Waals surface area contributed by atoms with Crippen LogP contribution in [0, 0.1) is 6.92 Å². The molecule has 1 nitrogen and oxygen atoms in total. The molecule has 0 radical (unpaired) electrons. The molecule has 78 valence electrons. The van der Waals surface area contributed by atoms with E-state index in [-0.39, 0.29) is 5.78 Å². The van der Waals surface area contributed by atoms with Crippen molar-refractivity contribution >= 4 is 5.78 Å². The first kappa shape index (κ1) is 10.2. The van der Waals surface area contributed by atoms with Gasteiger partial charge in [-0.05, 0) is 43.7 Å². The summed E-state index contributed by atoms with van der Waals surface area (Å²) in [4.78, 5) is 12.2. The standard InChI is InChI=1S/C14H16O/c1-11-7-5-6-10-13(11)14(15)12-8-3-2-4-9-12/h5-8,10H,2-4,9H2,1H3. The molecule has 0 saturated carbocycles. The van der Waals surface area contributed by atoms with Gasteiger partial charge >= 0.3 is 0 Å². The van der Waals surface area contributed by atoms with Crippen molar-refractivity contribution in [3.63, 3.8) is 0 Å². The first-order valence-electron chi connectivity index (χ1n) is 5.58. The van der Waals surface area contributed by atoms with Crippen LogP contribution in [0.25, 0.3) is 0 Å². The number of benzene rings is 1. The zero-order valence-corrected chi connectivity index (χ0v) is 9.12. The van der Waals surface area contributed by atoms with Gasteiger partial charge in [-0.3, -0.25) is 4.79 Å². The van der Waals surface area contributed by atoms with Crippen molar-refractivity contribution in [2.24, 2.45) is 0 Å². The quantitative estimate of drug-likeness (QED) is 0.665. The Balaban J connectivity index is 2.28. The number of hydrogen-bond acceptors (Lipinski definition) is 1. The number of carbonyl (C=O) groups excluding carboxylic acids is 1. The number of hydrogen-bond donors (Lipinski definition) is 0. The van der Waals surface area contributed by atoms with Gasteiger partial charge in [-0.25, -0.2) is 0 Å². The molecule has 0 fully saturated rings. The van der Waals surface area contributed by atoms with E-state index in [1.165, 1.54) is 6.42 Å². The fourth-order valence-electron chi connectivity index (χ4n) is 2.05. The molecule has 0 aliphatic heterocycles. The molecule has 0 aromatic heterocycles. The van der Waals surface area contributed by atoms with Crippen LogP contribution in [0.1, 0.15) is 41.6 Å². The molecule has 2 rings (SSSR count). The second-order valence-electron chi connectivity index (χ2n) is 4.12. The van der Waals surface area contributed by atoms with Crippen molar-refractivity contribution in [3.05, 3.63) is 47.0 Å². The lowest BCUT2D eigenvalue weighted by Gasteiger charge is -2.12. The predicted molar refractivity (Wildman–Crippen MR) is 62.1 cm³/mol. The zero-order chi connectivity index (χ0) is 10.7. The van der Waals surface area contributed by atoms with Crippen molar-refractivity contribution in [1.29, 1.82) is 0 Å². The number of Topliss-reactive ketones (excluding diaryl/α,β-unsaturated/α-hetero) is 1. The van der Waals surface area contributed by atoms with Gasteiger partial charge in [-0.2, -0.15) is 0 Å². The molecule has 0 heterocycles. The molecule has 0 saturated heterocycles. The first-order valence-corrected chi connectivity index (χ1v) is 5.58. The van der Waals surface area contributed by atoms with Crippen LogP contribution in [0.15, 0.2) is 35.9 Å². The fourth-order valence-corrected chi connectivity index (χ4v) is 2.05. The van der Waals surface area contributed by atoms with E-state index < -0.39 is 0 Å². The summed E-state index contributed by atoms with van der Waals surface area (Å²) in [6.45, 7) is 2.00. The Morgan fingerprint density at radius 1 is 1.20 bits per heavy atom. The Kier molecular flexibility index (Phi) is 3.00. The molecule has 1 aromatic rings. The van der Waals surface area contributed by atoms with Gasteiger partial charge in [0, 0.05) is 5.56 Å². The summed E-state index contributed by atoms with van der Waals surface area (Å²) in [5, 5.41) is 0. The Labute approximate surface area is 90.8 Å². The van der Waals surface area contributed by atoms with E-state index in [9.17, 15) is 4.79 Å². The van der Waals surface area contributed by atoms with Gasteiger partial charge in [-0.1, -0.05) is 30.3 Å². The fraction of sp³-hybridized carbons (Fsp3) is 0.357. The van der Waals surface area contributed by atoms with Crippen molar-refractivity contribution < 1.29 is 4.79 Å². The average Bonchev–Trinajstić information content (AvgIpc) is 2.30. The highest BCUT2D eigenvalue weighted by Crippen LogP contribution is 2.22. The summed E-state index contributed by atoms with van der Waals surface area (Å²) in [5.74, 6) is 0.229. The highest BCUT2D eigenvalue weighted by atomic mass is 16.1. The number of aryl methyl sites for hydroxylation is 1. The minimum absolute atomic E-state index is 0.229. The normalized spacial score (nSPS) is 15.9. The summed E-state index contributed by atoms with van der Waals surface area (Å²) in [6.07, 6.45) is 6.51. The lowest BCUT2D eigenvalue weighted by Crippen LogP contribution is -2.07. The molecule has 1 aliphatic rings. The van der Waals surface area contributed by atoms with Gasteiger partial charge < -0.3 is 0 Å². The maximum atomic E-state index is 12.2. The van der Waals surface area contributed by atoms with Gasteiger partial charge in [0.2, 0.25) is 0 Å². The van der Waals surface area contributed by atoms with E-state index in [2.05, 4.69) is 6.08 Å². The molecule has 1 aliphatic carbocycles. The van der Waals surface area contributed by atoms with Crippen molar-refractivity contribution in [1.82, 2.24) is 0 Å². The van der Waals surface area contributed by atoms with Crippen LogP contribution < -0.4 is 0 Å². The summed E-state index contributed by atoms with van der Waals surface area (Å²) < 4.78 is 0. The minimum atomic E-state index is 0.229. The lowest BCUT2D eigenvalue weighted by atomic mass is 9.91. The Bertz CT molecular complexity index is 402. The maximum Gasteiger partial charge on any atom is 0.188 e. The van der Waals surface area contributed by atoms with E-state index >= 15 is 0 Å². The smallest absolute Gasteiger partial charge is 0.188 e. The second-order valence-corrected chi connectivity index (χ2v) is 4.12. The molecular formula is C14H16O. The van der Waals surface area contributed by atoms with Crippen LogP contribution in [0.4, 0.5) is 0 Å². The molecule has 0 unspecified atom stereocenters. The zero-order valence-electron chi connectivity index (χ0n) is 9.12. The predicted octanol–water partition coefficient (Wildman–Crippen LogP) is 3.68. The first-order chi connectivity index (χ1) is 7.29. The summed E-state index contributed by atoms with van der Waals surface area (Å²) in [5.41, 5.74) is 2.95.